The molecule has 2 N–H and O–H groups in total. The van der Waals surface area contributed by atoms with Crippen LogP contribution in [-0.4, -0.2) is 38.4 Å². The van der Waals surface area contributed by atoms with Crippen molar-refractivity contribution in [1.82, 2.24) is 4.31 Å². The third-order valence-electron chi connectivity index (χ3n) is 2.84. The van der Waals surface area contributed by atoms with Crippen molar-refractivity contribution < 1.29 is 17.9 Å². The molecule has 0 aromatic carbocycles. The predicted molar refractivity (Wildman–Crippen MR) is 67.7 cm³/mol. The lowest BCUT2D eigenvalue weighted by molar-refractivity contribution is -0.144. The van der Waals surface area contributed by atoms with Gasteiger partial charge >= 0.3 is 5.97 Å². The van der Waals surface area contributed by atoms with E-state index in [1.54, 1.807) is 5.38 Å². The fourth-order valence-electron chi connectivity index (χ4n) is 1.98. The van der Waals surface area contributed by atoms with Crippen LogP contribution >= 0.6 is 11.3 Å². The number of thiophene rings is 1. The summed E-state index contributed by atoms with van der Waals surface area (Å²) in [5.41, 5.74) is 5.94. The summed E-state index contributed by atoms with van der Waals surface area (Å²) in [5, 5.41) is 1.57. The van der Waals surface area contributed by atoms with E-state index in [1.165, 1.54) is 17.5 Å². The second-order valence-electron chi connectivity index (χ2n) is 4.00. The van der Waals surface area contributed by atoms with Gasteiger partial charge in [-0.2, -0.15) is 4.31 Å². The second kappa shape index (κ2) is 4.87. The summed E-state index contributed by atoms with van der Waals surface area (Å²) in [6, 6.07) is 0.690. The summed E-state index contributed by atoms with van der Waals surface area (Å²) in [5.74, 6) is -0.513. The van der Waals surface area contributed by atoms with Crippen LogP contribution < -0.4 is 5.73 Å². The zero-order valence-corrected chi connectivity index (χ0v) is 11.5. The standard InChI is InChI=1S/C10H14N2O4S2/c1-16-10(13)8-3-2-4-12(8)18(14,15)9-5-7(11)6-17-9/h5-6,8H,2-4,11H2,1H3. The molecule has 1 aromatic heterocycles. The Morgan fingerprint density at radius 1 is 1.61 bits per heavy atom. The third kappa shape index (κ3) is 2.23. The quantitative estimate of drug-likeness (QED) is 0.826. The van der Waals surface area contributed by atoms with Crippen LogP contribution in [0.15, 0.2) is 15.7 Å². The van der Waals surface area contributed by atoms with Gasteiger partial charge in [0.1, 0.15) is 10.3 Å². The highest BCUT2D eigenvalue weighted by Gasteiger charge is 2.40. The van der Waals surface area contributed by atoms with E-state index >= 15 is 0 Å². The molecule has 18 heavy (non-hydrogen) atoms. The number of nitrogens with zero attached hydrogens (tertiary/aromatic N) is 1. The Morgan fingerprint density at radius 2 is 2.33 bits per heavy atom. The minimum atomic E-state index is -3.65. The first kappa shape index (κ1) is 13.3. The van der Waals surface area contributed by atoms with Crippen molar-refractivity contribution in [2.45, 2.75) is 23.1 Å². The average molecular weight is 290 g/mol. The van der Waals surface area contributed by atoms with Crippen molar-refractivity contribution in [3.05, 3.63) is 11.4 Å². The molecule has 1 aromatic rings. The van der Waals surface area contributed by atoms with E-state index in [9.17, 15) is 13.2 Å². The monoisotopic (exact) mass is 290 g/mol. The van der Waals surface area contributed by atoms with Crippen molar-refractivity contribution in [2.24, 2.45) is 0 Å². The predicted octanol–water partition coefficient (Wildman–Crippen LogP) is 0.656. The van der Waals surface area contributed by atoms with Crippen molar-refractivity contribution in [3.63, 3.8) is 0 Å². The number of nitrogen functional groups attached to an aromatic ring is 1. The molecule has 2 rings (SSSR count). The van der Waals surface area contributed by atoms with Gasteiger partial charge in [0.05, 0.1) is 7.11 Å². The summed E-state index contributed by atoms with van der Waals surface area (Å²) in [7, 11) is -2.39. The number of hydrogen-bond donors (Lipinski definition) is 1. The lowest BCUT2D eigenvalue weighted by Gasteiger charge is -2.21. The molecule has 100 valence electrons. The number of hydrogen-bond acceptors (Lipinski definition) is 6. The number of anilines is 1. The van der Waals surface area contributed by atoms with Crippen LogP contribution in [0.5, 0.6) is 0 Å². The molecule has 6 nitrogen and oxygen atoms in total. The van der Waals surface area contributed by atoms with E-state index in [-0.39, 0.29) is 4.21 Å². The maximum atomic E-state index is 12.4. The highest BCUT2D eigenvalue weighted by molar-refractivity contribution is 7.91. The Hall–Kier alpha value is -1.12. The van der Waals surface area contributed by atoms with Gasteiger partial charge in [-0.05, 0) is 18.9 Å². The van der Waals surface area contributed by atoms with Gasteiger partial charge in [0.2, 0.25) is 0 Å². The molecule has 1 saturated heterocycles. The fraction of sp³-hybridized carbons (Fsp3) is 0.500. The fourth-order valence-corrected chi connectivity index (χ4v) is 4.83. The van der Waals surface area contributed by atoms with Gasteiger partial charge in [-0.15, -0.1) is 11.3 Å². The van der Waals surface area contributed by atoms with Gasteiger partial charge in [0, 0.05) is 17.6 Å². The molecule has 1 atom stereocenters. The molecule has 1 aliphatic rings. The number of carbonyl (C=O) groups is 1. The smallest absolute Gasteiger partial charge is 0.324 e. The van der Waals surface area contributed by atoms with Crippen LogP contribution in [0.1, 0.15) is 12.8 Å². The number of methoxy groups -OCH3 is 1. The first-order valence-electron chi connectivity index (χ1n) is 5.40. The van der Waals surface area contributed by atoms with Gasteiger partial charge in [-0.25, -0.2) is 8.42 Å². The van der Waals surface area contributed by atoms with Crippen molar-refractivity contribution in [2.75, 3.05) is 19.4 Å². The Morgan fingerprint density at radius 3 is 2.89 bits per heavy atom. The Kier molecular flexibility index (Phi) is 3.60. The molecular weight excluding hydrogens is 276 g/mol. The molecule has 0 radical (unpaired) electrons. The van der Waals surface area contributed by atoms with E-state index in [4.69, 9.17) is 5.73 Å². The number of ether oxygens (including phenoxy) is 1. The zero-order valence-electron chi connectivity index (χ0n) is 9.83. The third-order valence-corrected chi connectivity index (χ3v) is 6.18. The molecule has 1 unspecified atom stereocenters. The van der Waals surface area contributed by atoms with E-state index in [1.807, 2.05) is 0 Å². The first-order chi connectivity index (χ1) is 8.46. The van der Waals surface area contributed by atoms with Crippen LogP contribution in [0.4, 0.5) is 5.69 Å². The van der Waals surface area contributed by atoms with Gasteiger partial charge in [0.25, 0.3) is 10.0 Å². The molecule has 0 aliphatic carbocycles. The van der Waals surface area contributed by atoms with Crippen molar-refractivity contribution in [3.8, 4) is 0 Å². The molecule has 1 fully saturated rings. The molecular formula is C10H14N2O4S2. The lowest BCUT2D eigenvalue weighted by atomic mass is 10.2. The molecule has 1 aliphatic heterocycles. The Bertz CT molecular complexity index is 552. The van der Waals surface area contributed by atoms with E-state index in [0.717, 1.165) is 11.3 Å². The Labute approximate surface area is 109 Å². The minimum Gasteiger partial charge on any atom is -0.468 e. The molecule has 0 bridgehead atoms. The summed E-state index contributed by atoms with van der Waals surface area (Å²) >= 11 is 1.06. The highest BCUT2D eigenvalue weighted by atomic mass is 32.2. The molecule has 0 saturated carbocycles. The summed E-state index contributed by atoms with van der Waals surface area (Å²) in [6.07, 6.45) is 1.15. The van der Waals surface area contributed by atoms with E-state index < -0.39 is 22.0 Å². The van der Waals surface area contributed by atoms with Gasteiger partial charge in [0.15, 0.2) is 0 Å². The largest absolute Gasteiger partial charge is 0.468 e. The zero-order chi connectivity index (χ0) is 13.3. The van der Waals surface area contributed by atoms with Gasteiger partial charge in [-0.3, -0.25) is 4.79 Å². The number of sulfonamides is 1. The minimum absolute atomic E-state index is 0.163. The Balaban J connectivity index is 2.32. The number of nitrogens with two attached hydrogens (primary N) is 1. The number of carbonyl (C=O) groups excluding carboxylic acids is 1. The summed E-state index contributed by atoms with van der Waals surface area (Å²) < 4.78 is 30.7. The van der Waals surface area contributed by atoms with Crippen LogP contribution in [-0.2, 0) is 19.6 Å². The van der Waals surface area contributed by atoms with Gasteiger partial charge in [-0.1, -0.05) is 0 Å². The summed E-state index contributed by atoms with van der Waals surface area (Å²) in [4.78, 5) is 11.6. The van der Waals surface area contributed by atoms with E-state index in [2.05, 4.69) is 4.74 Å². The van der Waals surface area contributed by atoms with Crippen LogP contribution in [0.25, 0.3) is 0 Å². The maximum Gasteiger partial charge on any atom is 0.324 e. The molecule has 0 amide bonds. The van der Waals surface area contributed by atoms with Crippen LogP contribution in [0, 0.1) is 0 Å². The second-order valence-corrected chi connectivity index (χ2v) is 7.02. The topological polar surface area (TPSA) is 89.7 Å². The van der Waals surface area contributed by atoms with Crippen molar-refractivity contribution in [1.29, 1.82) is 0 Å². The molecule has 2 heterocycles. The number of esters is 1. The average Bonchev–Trinajstić information content (AvgIpc) is 2.96. The lowest BCUT2D eigenvalue weighted by Crippen LogP contribution is -2.40. The highest BCUT2D eigenvalue weighted by Crippen LogP contribution is 2.30. The van der Waals surface area contributed by atoms with Crippen molar-refractivity contribution >= 4 is 33.0 Å². The maximum absolute atomic E-state index is 12.4. The molecule has 0 spiro atoms. The van der Waals surface area contributed by atoms with Crippen LogP contribution in [0.2, 0.25) is 0 Å². The van der Waals surface area contributed by atoms with Gasteiger partial charge < -0.3 is 10.5 Å². The number of rotatable bonds is 3. The SMILES string of the molecule is COC(=O)C1CCCN1S(=O)(=O)c1cc(N)cs1. The molecule has 8 heteroatoms. The normalized spacial score (nSPS) is 21.1. The first-order valence-corrected chi connectivity index (χ1v) is 7.72. The summed E-state index contributed by atoms with van der Waals surface area (Å²) in [6.45, 7) is 0.333. The van der Waals surface area contributed by atoms with Crippen LogP contribution in [0.3, 0.4) is 0 Å². The van der Waals surface area contributed by atoms with E-state index in [0.29, 0.717) is 25.1 Å².